The quantitative estimate of drug-likeness (QED) is 0.503. The maximum Gasteiger partial charge on any atom is 0.257 e. The third-order valence-corrected chi connectivity index (χ3v) is 5.42. The van der Waals surface area contributed by atoms with Crippen molar-refractivity contribution in [1.82, 2.24) is 10.2 Å². The van der Waals surface area contributed by atoms with Gasteiger partial charge >= 0.3 is 0 Å². The van der Waals surface area contributed by atoms with Crippen molar-refractivity contribution < 1.29 is 9.59 Å². The van der Waals surface area contributed by atoms with E-state index in [1.165, 1.54) is 0 Å². The zero-order valence-electron chi connectivity index (χ0n) is 19.4. The molecule has 0 heterocycles. The molecule has 3 aromatic rings. The lowest BCUT2D eigenvalue weighted by Crippen LogP contribution is -2.34. The third kappa shape index (κ3) is 6.73. The van der Waals surface area contributed by atoms with E-state index in [4.69, 9.17) is 12.2 Å². The molecule has 2 N–H and O–H groups in total. The Labute approximate surface area is 200 Å². The third-order valence-electron chi connectivity index (χ3n) is 5.22. The minimum absolute atomic E-state index is 0.0173. The van der Waals surface area contributed by atoms with Crippen LogP contribution in [-0.4, -0.2) is 28.9 Å². The van der Waals surface area contributed by atoms with Crippen LogP contribution in [-0.2, 0) is 12.0 Å². The summed E-state index contributed by atoms with van der Waals surface area (Å²) in [7, 11) is 1.77. The molecule has 0 spiro atoms. The summed E-state index contributed by atoms with van der Waals surface area (Å²) in [5.74, 6) is -0.390. The molecular weight excluding hydrogens is 430 g/mol. The highest BCUT2D eigenvalue weighted by atomic mass is 32.1. The van der Waals surface area contributed by atoms with Gasteiger partial charge in [-0.1, -0.05) is 69.3 Å². The van der Waals surface area contributed by atoms with E-state index in [0.717, 1.165) is 11.1 Å². The number of rotatable bonds is 5. The molecule has 5 nitrogen and oxygen atoms in total. The monoisotopic (exact) mass is 459 g/mol. The molecule has 0 radical (unpaired) electrons. The zero-order valence-corrected chi connectivity index (χ0v) is 20.2. The number of nitrogens with one attached hydrogen (secondary N) is 2. The lowest BCUT2D eigenvalue weighted by atomic mass is 9.87. The molecule has 3 rings (SSSR count). The number of thiocarbonyl (C=S) groups is 1. The van der Waals surface area contributed by atoms with Gasteiger partial charge in [0.2, 0.25) is 0 Å². The van der Waals surface area contributed by atoms with Crippen molar-refractivity contribution in [3.05, 3.63) is 101 Å². The molecule has 3 aromatic carbocycles. The lowest BCUT2D eigenvalue weighted by Gasteiger charge is -2.19. The van der Waals surface area contributed by atoms with Crippen molar-refractivity contribution in [3.8, 4) is 0 Å². The highest BCUT2D eigenvalue weighted by Gasteiger charge is 2.16. The molecule has 0 atom stereocenters. The first kappa shape index (κ1) is 24.1. The molecular formula is C27H29N3O2S. The molecule has 6 heteroatoms. The minimum atomic E-state index is -0.289. The molecule has 0 fully saturated rings. The Morgan fingerprint density at radius 2 is 1.55 bits per heavy atom. The number of nitrogens with zero attached hydrogens (tertiary/aromatic N) is 1. The highest BCUT2D eigenvalue weighted by Crippen LogP contribution is 2.22. The first-order chi connectivity index (χ1) is 15.6. The number of carbonyl (C=O) groups is 2. The number of hydrogen-bond donors (Lipinski definition) is 2. The van der Waals surface area contributed by atoms with Gasteiger partial charge in [-0.3, -0.25) is 14.9 Å². The van der Waals surface area contributed by atoms with E-state index in [1.54, 1.807) is 48.3 Å². The van der Waals surface area contributed by atoms with Crippen molar-refractivity contribution in [3.63, 3.8) is 0 Å². The zero-order chi connectivity index (χ0) is 24.0. The van der Waals surface area contributed by atoms with Crippen molar-refractivity contribution >= 4 is 34.8 Å². The van der Waals surface area contributed by atoms with Gasteiger partial charge in [-0.05, 0) is 59.1 Å². The highest BCUT2D eigenvalue weighted by molar-refractivity contribution is 7.80. The topological polar surface area (TPSA) is 61.4 Å². The van der Waals surface area contributed by atoms with Crippen molar-refractivity contribution in [1.29, 1.82) is 0 Å². The van der Waals surface area contributed by atoms with Gasteiger partial charge in [0.05, 0.1) is 0 Å². The van der Waals surface area contributed by atoms with Gasteiger partial charge in [-0.15, -0.1) is 0 Å². The molecule has 0 aliphatic heterocycles. The fourth-order valence-electron chi connectivity index (χ4n) is 3.34. The predicted molar refractivity (Wildman–Crippen MR) is 138 cm³/mol. The van der Waals surface area contributed by atoms with E-state index in [9.17, 15) is 9.59 Å². The molecule has 0 aliphatic rings. The standard InChI is InChI=1S/C27H29N3O2S/c1-27(2,3)22-15-13-20(14-16-22)24(31)29-26(33)28-23-12-8-11-21(17-23)25(32)30(4)18-19-9-6-5-7-10-19/h5-17H,18H2,1-4H3,(H2,28,29,31,33). The Morgan fingerprint density at radius 1 is 0.879 bits per heavy atom. The smallest absolute Gasteiger partial charge is 0.257 e. The van der Waals surface area contributed by atoms with Crippen molar-refractivity contribution in [2.75, 3.05) is 12.4 Å². The van der Waals surface area contributed by atoms with Gasteiger partial charge in [0, 0.05) is 30.4 Å². The van der Waals surface area contributed by atoms with Crippen LogP contribution >= 0.6 is 12.2 Å². The van der Waals surface area contributed by atoms with E-state index in [-0.39, 0.29) is 22.3 Å². The molecule has 0 saturated heterocycles. The normalized spacial score (nSPS) is 10.9. The van der Waals surface area contributed by atoms with Gasteiger partial charge < -0.3 is 10.2 Å². The average molecular weight is 460 g/mol. The molecule has 0 bridgehead atoms. The van der Waals surface area contributed by atoms with Crippen LogP contribution in [0.2, 0.25) is 0 Å². The van der Waals surface area contributed by atoms with E-state index in [1.807, 2.05) is 42.5 Å². The summed E-state index contributed by atoms with van der Waals surface area (Å²) in [6.45, 7) is 6.89. The first-order valence-electron chi connectivity index (χ1n) is 10.8. The second-order valence-corrected chi connectivity index (χ2v) is 9.37. The molecule has 0 unspecified atom stereocenters. The van der Waals surface area contributed by atoms with Crippen LogP contribution in [0.3, 0.4) is 0 Å². The summed E-state index contributed by atoms with van der Waals surface area (Å²) in [6.07, 6.45) is 0. The van der Waals surface area contributed by atoms with Crippen LogP contribution in [0.5, 0.6) is 0 Å². The maximum atomic E-state index is 12.8. The van der Waals surface area contributed by atoms with Gasteiger partial charge in [0.25, 0.3) is 11.8 Å². The Bertz CT molecular complexity index is 1140. The number of benzene rings is 3. The SMILES string of the molecule is CN(Cc1ccccc1)C(=O)c1cccc(NC(=S)NC(=O)c2ccc(C(C)(C)C)cc2)c1. The number of amides is 2. The summed E-state index contributed by atoms with van der Waals surface area (Å²) < 4.78 is 0. The predicted octanol–water partition coefficient (Wildman–Crippen LogP) is 5.38. The molecule has 0 aromatic heterocycles. The molecule has 170 valence electrons. The summed E-state index contributed by atoms with van der Waals surface area (Å²) in [5, 5.41) is 5.85. The Balaban J connectivity index is 1.60. The summed E-state index contributed by atoms with van der Waals surface area (Å²) in [5.41, 5.74) is 3.91. The van der Waals surface area contributed by atoms with E-state index in [0.29, 0.717) is 23.4 Å². The number of anilines is 1. The molecule has 33 heavy (non-hydrogen) atoms. The maximum absolute atomic E-state index is 12.8. The molecule has 2 amide bonds. The number of carbonyl (C=O) groups excluding carboxylic acids is 2. The summed E-state index contributed by atoms with van der Waals surface area (Å²) in [4.78, 5) is 27.1. The Kier molecular flexibility index (Phi) is 7.61. The van der Waals surface area contributed by atoms with Gasteiger partial charge in [0.15, 0.2) is 5.11 Å². The first-order valence-corrected chi connectivity index (χ1v) is 11.2. The minimum Gasteiger partial charge on any atom is -0.337 e. The van der Waals surface area contributed by atoms with Crippen LogP contribution in [0.1, 0.15) is 52.6 Å². The van der Waals surface area contributed by atoms with E-state index >= 15 is 0 Å². The summed E-state index contributed by atoms with van der Waals surface area (Å²) in [6, 6.07) is 24.4. The van der Waals surface area contributed by atoms with Crippen molar-refractivity contribution in [2.24, 2.45) is 0 Å². The van der Waals surface area contributed by atoms with Gasteiger partial charge in [-0.25, -0.2) is 0 Å². The average Bonchev–Trinajstić information content (AvgIpc) is 2.78. The van der Waals surface area contributed by atoms with E-state index in [2.05, 4.69) is 31.4 Å². The van der Waals surface area contributed by atoms with Crippen LogP contribution < -0.4 is 10.6 Å². The Morgan fingerprint density at radius 3 is 2.18 bits per heavy atom. The van der Waals surface area contributed by atoms with Gasteiger partial charge in [0.1, 0.15) is 0 Å². The Hall–Kier alpha value is -3.51. The van der Waals surface area contributed by atoms with Crippen LogP contribution in [0.25, 0.3) is 0 Å². The van der Waals surface area contributed by atoms with E-state index < -0.39 is 0 Å². The molecule has 0 aliphatic carbocycles. The van der Waals surface area contributed by atoms with Crippen LogP contribution in [0, 0.1) is 0 Å². The largest absolute Gasteiger partial charge is 0.337 e. The van der Waals surface area contributed by atoms with Crippen LogP contribution in [0.4, 0.5) is 5.69 Å². The second-order valence-electron chi connectivity index (χ2n) is 8.96. The molecule has 0 saturated carbocycles. The number of hydrogen-bond acceptors (Lipinski definition) is 3. The summed E-state index contributed by atoms with van der Waals surface area (Å²) >= 11 is 5.31. The second kappa shape index (κ2) is 10.4. The fourth-order valence-corrected chi connectivity index (χ4v) is 3.55. The van der Waals surface area contributed by atoms with Crippen molar-refractivity contribution in [2.45, 2.75) is 32.7 Å². The fraction of sp³-hybridized carbons (Fsp3) is 0.222. The van der Waals surface area contributed by atoms with Gasteiger partial charge in [-0.2, -0.15) is 0 Å². The van der Waals surface area contributed by atoms with Crippen LogP contribution in [0.15, 0.2) is 78.9 Å². The lowest BCUT2D eigenvalue weighted by molar-refractivity contribution is 0.0785.